The van der Waals surface area contributed by atoms with Crippen LogP contribution in [0.3, 0.4) is 0 Å². The normalized spacial score (nSPS) is 12.1. The number of hydrogen-bond acceptors (Lipinski definition) is 2. The van der Waals surface area contributed by atoms with Crippen molar-refractivity contribution >= 4 is 5.78 Å². The zero-order chi connectivity index (χ0) is 11.0. The second-order valence-corrected chi connectivity index (χ2v) is 3.05. The monoisotopic (exact) mass is 191 g/mol. The van der Waals surface area contributed by atoms with Crippen LogP contribution >= 0.6 is 0 Å². The zero-order valence-electron chi connectivity index (χ0n) is 9.05. The molecule has 2 nitrogen and oxygen atoms in total. The quantitative estimate of drug-likeness (QED) is 0.532. The van der Waals surface area contributed by atoms with Gasteiger partial charge >= 0.3 is 0 Å². The molecule has 0 bridgehead atoms. The van der Waals surface area contributed by atoms with E-state index in [9.17, 15) is 4.79 Å². The van der Waals surface area contributed by atoms with Crippen LogP contribution in [-0.2, 0) is 4.79 Å². The summed E-state index contributed by atoms with van der Waals surface area (Å²) in [6, 6.07) is 0. The van der Waals surface area contributed by atoms with Gasteiger partial charge in [0.25, 0.3) is 0 Å². The van der Waals surface area contributed by atoms with Crippen molar-refractivity contribution in [2.75, 3.05) is 6.54 Å². The van der Waals surface area contributed by atoms with Crippen LogP contribution in [0.5, 0.6) is 0 Å². The minimum atomic E-state index is 0.0946. The van der Waals surface area contributed by atoms with Crippen LogP contribution in [0.1, 0.15) is 27.2 Å². The Morgan fingerprint density at radius 2 is 2.14 bits per heavy atom. The molecule has 0 aliphatic carbocycles. The Morgan fingerprint density at radius 3 is 2.57 bits per heavy atom. The highest BCUT2D eigenvalue weighted by Crippen LogP contribution is 2.01. The van der Waals surface area contributed by atoms with Crippen LogP contribution in [0.4, 0.5) is 0 Å². The second kappa shape index (κ2) is 6.97. The van der Waals surface area contributed by atoms with Gasteiger partial charge in [-0.3, -0.25) is 4.79 Å². The Morgan fingerprint density at radius 1 is 1.50 bits per heavy atom. The maximum absolute atomic E-state index is 10.8. The van der Waals surface area contributed by atoms with Gasteiger partial charge in [-0.2, -0.15) is 0 Å². The largest absolute Gasteiger partial charge is 0.377 e. The first-order chi connectivity index (χ1) is 6.61. The lowest BCUT2D eigenvalue weighted by Gasteiger charge is -2.06. The third-order valence-electron chi connectivity index (χ3n) is 1.67. The van der Waals surface area contributed by atoms with Gasteiger partial charge in [-0.15, -0.1) is 6.42 Å². The van der Waals surface area contributed by atoms with E-state index >= 15 is 0 Å². The summed E-state index contributed by atoms with van der Waals surface area (Å²) in [4.78, 5) is 10.8. The van der Waals surface area contributed by atoms with E-state index in [1.54, 1.807) is 6.92 Å². The molecule has 0 radical (unpaired) electrons. The standard InChI is InChI=1S/C12H17NO/c1-5-7-8-12(10(3)6-2)13-9-11(4)14/h2,7-8,13H,5,9H2,1,3-4H3/b8-7-,12-10+. The van der Waals surface area contributed by atoms with Crippen LogP contribution in [0.25, 0.3) is 0 Å². The Balaban J connectivity index is 4.51. The van der Waals surface area contributed by atoms with E-state index in [-0.39, 0.29) is 5.78 Å². The summed E-state index contributed by atoms with van der Waals surface area (Å²) in [5.74, 6) is 2.65. The Kier molecular flexibility index (Phi) is 6.22. The molecule has 1 N–H and O–H groups in total. The van der Waals surface area contributed by atoms with E-state index in [0.29, 0.717) is 6.54 Å². The summed E-state index contributed by atoms with van der Waals surface area (Å²) in [6.07, 6.45) is 10.1. The number of ketones is 1. The third-order valence-corrected chi connectivity index (χ3v) is 1.67. The predicted octanol–water partition coefficient (Wildman–Crippen LogP) is 2.04. The molecular weight excluding hydrogens is 174 g/mol. The maximum atomic E-state index is 10.8. The zero-order valence-corrected chi connectivity index (χ0v) is 9.05. The lowest BCUT2D eigenvalue weighted by Crippen LogP contribution is -2.20. The topological polar surface area (TPSA) is 29.1 Å². The maximum Gasteiger partial charge on any atom is 0.148 e. The molecule has 0 amide bonds. The highest BCUT2D eigenvalue weighted by Gasteiger charge is 1.97. The number of nitrogens with one attached hydrogen (secondary N) is 1. The lowest BCUT2D eigenvalue weighted by molar-refractivity contribution is -0.116. The van der Waals surface area contributed by atoms with Crippen molar-refractivity contribution < 1.29 is 4.79 Å². The average molecular weight is 191 g/mol. The number of carbonyl (C=O) groups is 1. The first-order valence-electron chi connectivity index (χ1n) is 4.69. The lowest BCUT2D eigenvalue weighted by atomic mass is 10.2. The van der Waals surface area contributed by atoms with Crippen molar-refractivity contribution in [1.29, 1.82) is 0 Å². The number of carbonyl (C=O) groups excluding carboxylic acids is 1. The Hall–Kier alpha value is -1.49. The van der Waals surface area contributed by atoms with E-state index in [0.717, 1.165) is 17.7 Å². The first-order valence-corrected chi connectivity index (χ1v) is 4.69. The Bertz CT molecular complexity index is 292. The molecule has 76 valence electrons. The SMILES string of the molecule is C#C/C(C)=C(\C=C/CC)NCC(C)=O. The van der Waals surface area contributed by atoms with E-state index in [1.807, 2.05) is 26.0 Å². The van der Waals surface area contributed by atoms with E-state index < -0.39 is 0 Å². The van der Waals surface area contributed by atoms with Gasteiger partial charge in [0.05, 0.1) is 6.54 Å². The molecule has 0 saturated heterocycles. The van der Waals surface area contributed by atoms with Gasteiger partial charge in [0.15, 0.2) is 0 Å². The van der Waals surface area contributed by atoms with Gasteiger partial charge in [0.1, 0.15) is 5.78 Å². The van der Waals surface area contributed by atoms with E-state index in [1.165, 1.54) is 0 Å². The Labute approximate surface area is 86.1 Å². The minimum Gasteiger partial charge on any atom is -0.377 e. The summed E-state index contributed by atoms with van der Waals surface area (Å²) >= 11 is 0. The summed E-state index contributed by atoms with van der Waals surface area (Å²) < 4.78 is 0. The molecule has 0 aliphatic heterocycles. The summed E-state index contributed by atoms with van der Waals surface area (Å²) in [6.45, 7) is 5.76. The summed E-state index contributed by atoms with van der Waals surface area (Å²) in [7, 11) is 0. The fourth-order valence-corrected chi connectivity index (χ4v) is 0.850. The highest BCUT2D eigenvalue weighted by molar-refractivity contribution is 5.77. The smallest absolute Gasteiger partial charge is 0.148 e. The first kappa shape index (κ1) is 12.5. The number of allylic oxidation sites excluding steroid dienone is 3. The number of Topliss-reactive ketones (excluding diaryl/α,β-unsaturated/α-hetero) is 1. The van der Waals surface area contributed by atoms with Crippen molar-refractivity contribution in [2.45, 2.75) is 27.2 Å². The molecule has 0 aliphatic rings. The van der Waals surface area contributed by atoms with Crippen LogP contribution in [0, 0.1) is 12.3 Å². The molecule has 0 aromatic rings. The van der Waals surface area contributed by atoms with E-state index in [2.05, 4.69) is 11.2 Å². The number of rotatable bonds is 5. The van der Waals surface area contributed by atoms with Crippen LogP contribution in [0.2, 0.25) is 0 Å². The molecule has 0 rings (SSSR count). The molecule has 0 atom stereocenters. The molecule has 0 saturated carbocycles. The third kappa shape index (κ3) is 5.21. The van der Waals surface area contributed by atoms with Crippen molar-refractivity contribution in [2.24, 2.45) is 0 Å². The van der Waals surface area contributed by atoms with Crippen LogP contribution in [-0.4, -0.2) is 12.3 Å². The fourth-order valence-electron chi connectivity index (χ4n) is 0.850. The molecule has 2 heteroatoms. The van der Waals surface area contributed by atoms with Crippen molar-refractivity contribution in [3.63, 3.8) is 0 Å². The molecule has 0 heterocycles. The van der Waals surface area contributed by atoms with E-state index in [4.69, 9.17) is 6.42 Å². The predicted molar refractivity (Wildman–Crippen MR) is 59.6 cm³/mol. The molecule has 0 aromatic heterocycles. The van der Waals surface area contributed by atoms with Crippen molar-refractivity contribution in [3.8, 4) is 12.3 Å². The molecule has 0 fully saturated rings. The van der Waals surface area contributed by atoms with Crippen molar-refractivity contribution in [3.05, 3.63) is 23.4 Å². The van der Waals surface area contributed by atoms with Gasteiger partial charge in [-0.05, 0) is 26.3 Å². The van der Waals surface area contributed by atoms with Crippen LogP contribution < -0.4 is 5.32 Å². The highest BCUT2D eigenvalue weighted by atomic mass is 16.1. The average Bonchev–Trinajstić information content (AvgIpc) is 2.16. The number of terminal acetylenes is 1. The van der Waals surface area contributed by atoms with Gasteiger partial charge in [-0.25, -0.2) is 0 Å². The molecule has 0 unspecified atom stereocenters. The van der Waals surface area contributed by atoms with Gasteiger partial charge in [-0.1, -0.05) is 18.9 Å². The summed E-state index contributed by atoms with van der Waals surface area (Å²) in [5, 5.41) is 3.01. The minimum absolute atomic E-state index is 0.0946. The fraction of sp³-hybridized carbons (Fsp3) is 0.417. The molecular formula is C12H17NO. The second-order valence-electron chi connectivity index (χ2n) is 3.05. The molecule has 14 heavy (non-hydrogen) atoms. The molecule has 0 spiro atoms. The van der Waals surface area contributed by atoms with Gasteiger partial charge in [0, 0.05) is 11.3 Å². The number of hydrogen-bond donors (Lipinski definition) is 1. The van der Waals surface area contributed by atoms with Crippen LogP contribution in [0.15, 0.2) is 23.4 Å². The van der Waals surface area contributed by atoms with Crippen molar-refractivity contribution in [1.82, 2.24) is 5.32 Å². The summed E-state index contributed by atoms with van der Waals surface area (Å²) in [5.41, 5.74) is 1.67. The van der Waals surface area contributed by atoms with Gasteiger partial charge in [0.2, 0.25) is 0 Å². The molecule has 0 aromatic carbocycles. The van der Waals surface area contributed by atoms with Gasteiger partial charge < -0.3 is 5.32 Å².